The number of nitrogen functional groups attached to an aromatic ring is 1. The fraction of sp³-hybridized carbons (Fsp3) is 0. The van der Waals surface area contributed by atoms with Crippen LogP contribution in [0.2, 0.25) is 0 Å². The molecule has 0 aliphatic rings. The van der Waals surface area contributed by atoms with Crippen molar-refractivity contribution in [1.29, 1.82) is 0 Å². The Morgan fingerprint density at radius 2 is 1.45 bits per heavy atom. The predicted molar refractivity (Wildman–Crippen MR) is 87.0 cm³/mol. The SMILES string of the molecule is Nc1nc(-c2c3ccccc3cc3ccccc23)cs1. The van der Waals surface area contributed by atoms with Crippen LogP contribution in [0.5, 0.6) is 0 Å². The highest BCUT2D eigenvalue weighted by Crippen LogP contribution is 2.36. The van der Waals surface area contributed by atoms with E-state index in [-0.39, 0.29) is 0 Å². The highest BCUT2D eigenvalue weighted by molar-refractivity contribution is 7.13. The van der Waals surface area contributed by atoms with Gasteiger partial charge in [-0.2, -0.15) is 0 Å². The van der Waals surface area contributed by atoms with Gasteiger partial charge >= 0.3 is 0 Å². The van der Waals surface area contributed by atoms with E-state index in [4.69, 9.17) is 5.73 Å². The first-order valence-corrected chi connectivity index (χ1v) is 7.33. The monoisotopic (exact) mass is 276 g/mol. The molecule has 96 valence electrons. The number of fused-ring (bicyclic) bond motifs is 2. The Morgan fingerprint density at radius 1 is 0.850 bits per heavy atom. The second-order valence-corrected chi connectivity index (χ2v) is 5.65. The molecule has 1 aromatic heterocycles. The number of hydrogen-bond acceptors (Lipinski definition) is 3. The van der Waals surface area contributed by atoms with Crippen molar-refractivity contribution in [2.75, 3.05) is 5.73 Å². The number of thiazole rings is 1. The third-order valence-electron chi connectivity index (χ3n) is 3.55. The van der Waals surface area contributed by atoms with Crippen molar-refractivity contribution in [1.82, 2.24) is 4.98 Å². The number of anilines is 1. The lowest BCUT2D eigenvalue weighted by Gasteiger charge is -2.09. The molecule has 3 aromatic carbocycles. The fourth-order valence-electron chi connectivity index (χ4n) is 2.69. The van der Waals surface area contributed by atoms with Gasteiger partial charge in [-0.15, -0.1) is 11.3 Å². The van der Waals surface area contributed by atoms with Gasteiger partial charge in [-0.05, 0) is 27.6 Å². The van der Waals surface area contributed by atoms with E-state index in [1.54, 1.807) is 0 Å². The Kier molecular flexibility index (Phi) is 2.47. The molecule has 20 heavy (non-hydrogen) atoms. The van der Waals surface area contributed by atoms with E-state index in [2.05, 4.69) is 59.6 Å². The van der Waals surface area contributed by atoms with Gasteiger partial charge in [0.15, 0.2) is 5.13 Å². The lowest BCUT2D eigenvalue weighted by Crippen LogP contribution is -1.87. The summed E-state index contributed by atoms with van der Waals surface area (Å²) in [6, 6.07) is 19.1. The second kappa shape index (κ2) is 4.32. The molecule has 2 N–H and O–H groups in total. The maximum Gasteiger partial charge on any atom is 0.180 e. The zero-order chi connectivity index (χ0) is 13.5. The Hall–Kier alpha value is -2.39. The molecule has 3 heteroatoms. The van der Waals surface area contributed by atoms with E-state index in [1.165, 1.54) is 38.4 Å². The highest BCUT2D eigenvalue weighted by Gasteiger charge is 2.11. The summed E-state index contributed by atoms with van der Waals surface area (Å²) in [5.74, 6) is 0. The second-order valence-electron chi connectivity index (χ2n) is 4.76. The quantitative estimate of drug-likeness (QED) is 0.512. The highest BCUT2D eigenvalue weighted by atomic mass is 32.1. The van der Waals surface area contributed by atoms with E-state index in [0.29, 0.717) is 5.13 Å². The van der Waals surface area contributed by atoms with Crippen molar-refractivity contribution in [2.45, 2.75) is 0 Å². The van der Waals surface area contributed by atoms with Crippen LogP contribution in [0.3, 0.4) is 0 Å². The van der Waals surface area contributed by atoms with Crippen LogP contribution < -0.4 is 5.73 Å². The van der Waals surface area contributed by atoms with Crippen LogP contribution in [-0.2, 0) is 0 Å². The average molecular weight is 276 g/mol. The maximum absolute atomic E-state index is 5.81. The van der Waals surface area contributed by atoms with E-state index in [1.807, 2.05) is 5.38 Å². The van der Waals surface area contributed by atoms with Gasteiger partial charge in [-0.25, -0.2) is 4.98 Å². The van der Waals surface area contributed by atoms with Crippen LogP contribution in [0, 0.1) is 0 Å². The zero-order valence-corrected chi connectivity index (χ0v) is 11.5. The third-order valence-corrected chi connectivity index (χ3v) is 4.22. The van der Waals surface area contributed by atoms with Gasteiger partial charge in [-0.1, -0.05) is 48.5 Å². The fourth-order valence-corrected chi connectivity index (χ4v) is 3.25. The summed E-state index contributed by atoms with van der Waals surface area (Å²) < 4.78 is 0. The summed E-state index contributed by atoms with van der Waals surface area (Å²) in [5, 5.41) is 7.54. The molecule has 0 radical (unpaired) electrons. The lowest BCUT2D eigenvalue weighted by molar-refractivity contribution is 1.43. The molecule has 4 aromatic rings. The largest absolute Gasteiger partial charge is 0.375 e. The minimum atomic E-state index is 0.608. The van der Waals surface area contributed by atoms with Crippen LogP contribution in [0.25, 0.3) is 32.8 Å². The summed E-state index contributed by atoms with van der Waals surface area (Å²) in [7, 11) is 0. The molecule has 4 rings (SSSR count). The zero-order valence-electron chi connectivity index (χ0n) is 10.7. The Morgan fingerprint density at radius 3 is 2.00 bits per heavy atom. The van der Waals surface area contributed by atoms with Crippen molar-refractivity contribution in [2.24, 2.45) is 0 Å². The van der Waals surface area contributed by atoms with Crippen molar-refractivity contribution >= 4 is 38.0 Å². The smallest absolute Gasteiger partial charge is 0.180 e. The van der Waals surface area contributed by atoms with E-state index in [9.17, 15) is 0 Å². The third kappa shape index (κ3) is 1.67. The first kappa shape index (κ1) is 11.4. The number of hydrogen-bond donors (Lipinski definition) is 1. The molecule has 0 fully saturated rings. The van der Waals surface area contributed by atoms with Crippen LogP contribution in [0.1, 0.15) is 0 Å². The number of benzene rings is 3. The van der Waals surface area contributed by atoms with Crippen LogP contribution in [-0.4, -0.2) is 4.98 Å². The molecular weight excluding hydrogens is 264 g/mol. The molecule has 0 saturated heterocycles. The molecular formula is C17H12N2S. The van der Waals surface area contributed by atoms with Crippen LogP contribution in [0.15, 0.2) is 60.0 Å². The van der Waals surface area contributed by atoms with Gasteiger partial charge in [0.05, 0.1) is 5.69 Å². The number of rotatable bonds is 1. The normalized spacial score (nSPS) is 11.2. The van der Waals surface area contributed by atoms with Crippen LogP contribution in [0.4, 0.5) is 5.13 Å². The van der Waals surface area contributed by atoms with E-state index >= 15 is 0 Å². The van der Waals surface area contributed by atoms with Crippen molar-refractivity contribution in [3.63, 3.8) is 0 Å². The minimum Gasteiger partial charge on any atom is -0.375 e. The van der Waals surface area contributed by atoms with E-state index < -0.39 is 0 Å². The van der Waals surface area contributed by atoms with Gasteiger partial charge < -0.3 is 5.73 Å². The molecule has 0 spiro atoms. The first-order chi connectivity index (χ1) is 9.83. The standard InChI is InChI=1S/C17H12N2S/c18-17-19-15(10-20-17)16-13-7-3-1-5-11(13)9-12-6-2-4-8-14(12)16/h1-10H,(H2,18,19). The predicted octanol–water partition coefficient (Wildman–Crippen LogP) is 4.70. The number of nitrogens with two attached hydrogens (primary N) is 1. The molecule has 2 nitrogen and oxygen atoms in total. The van der Waals surface area contributed by atoms with Gasteiger partial charge in [-0.3, -0.25) is 0 Å². The average Bonchev–Trinajstić information content (AvgIpc) is 2.91. The van der Waals surface area contributed by atoms with Crippen LogP contribution >= 0.6 is 11.3 Å². The lowest BCUT2D eigenvalue weighted by atomic mass is 9.95. The minimum absolute atomic E-state index is 0.608. The summed E-state index contributed by atoms with van der Waals surface area (Å²) in [5.41, 5.74) is 7.94. The molecule has 0 bridgehead atoms. The molecule has 0 amide bonds. The topological polar surface area (TPSA) is 38.9 Å². The Bertz CT molecular complexity index is 870. The number of nitrogens with zero attached hydrogens (tertiary/aromatic N) is 1. The van der Waals surface area contributed by atoms with Gasteiger partial charge in [0, 0.05) is 10.9 Å². The molecule has 0 atom stereocenters. The Balaban J connectivity index is 2.23. The van der Waals surface area contributed by atoms with Crippen molar-refractivity contribution in [3.05, 3.63) is 60.0 Å². The first-order valence-electron chi connectivity index (χ1n) is 6.45. The summed E-state index contributed by atoms with van der Waals surface area (Å²) in [4.78, 5) is 4.48. The van der Waals surface area contributed by atoms with Crippen molar-refractivity contribution in [3.8, 4) is 11.3 Å². The van der Waals surface area contributed by atoms with Crippen molar-refractivity contribution < 1.29 is 0 Å². The van der Waals surface area contributed by atoms with Gasteiger partial charge in [0.25, 0.3) is 0 Å². The summed E-state index contributed by atoms with van der Waals surface area (Å²) in [6.07, 6.45) is 0. The summed E-state index contributed by atoms with van der Waals surface area (Å²) in [6.45, 7) is 0. The molecule has 1 heterocycles. The van der Waals surface area contributed by atoms with Gasteiger partial charge in [0.2, 0.25) is 0 Å². The maximum atomic E-state index is 5.81. The molecule has 0 aliphatic heterocycles. The molecule has 0 saturated carbocycles. The Labute approximate surface area is 120 Å². The molecule has 0 unspecified atom stereocenters. The summed E-state index contributed by atoms with van der Waals surface area (Å²) >= 11 is 1.48. The van der Waals surface area contributed by atoms with Gasteiger partial charge in [0.1, 0.15) is 0 Å². The van der Waals surface area contributed by atoms with E-state index in [0.717, 1.165) is 5.69 Å². The number of aromatic nitrogens is 1. The molecule has 0 aliphatic carbocycles.